The summed E-state index contributed by atoms with van der Waals surface area (Å²) in [5.74, 6) is -1.65. The number of ether oxygens (including phenoxy) is 1. The van der Waals surface area contributed by atoms with E-state index >= 15 is 0 Å². The fraction of sp³-hybridized carbons (Fsp3) is 0.333. The van der Waals surface area contributed by atoms with Crippen molar-refractivity contribution in [3.8, 4) is 5.75 Å². The van der Waals surface area contributed by atoms with Crippen LogP contribution in [0.1, 0.15) is 30.1 Å². The molecule has 6 nitrogen and oxygen atoms in total. The van der Waals surface area contributed by atoms with Crippen LogP contribution < -0.4 is 16.2 Å². The number of hydrogen-bond donors (Lipinski definition) is 3. The molecular weight excluding hydrogens is 236 g/mol. The topological polar surface area (TPSA) is 116 Å². The Morgan fingerprint density at radius 3 is 2.61 bits per heavy atom. The van der Waals surface area contributed by atoms with Crippen LogP contribution in [0.25, 0.3) is 0 Å². The van der Waals surface area contributed by atoms with Crippen molar-refractivity contribution in [3.05, 3.63) is 23.8 Å². The molecule has 6 heteroatoms. The van der Waals surface area contributed by atoms with Crippen LogP contribution in [-0.4, -0.2) is 23.1 Å². The number of aliphatic carboxylic acids is 1. The van der Waals surface area contributed by atoms with Crippen LogP contribution in [-0.2, 0) is 4.79 Å². The van der Waals surface area contributed by atoms with E-state index in [9.17, 15) is 9.59 Å². The van der Waals surface area contributed by atoms with Gasteiger partial charge in [0.1, 0.15) is 5.75 Å². The summed E-state index contributed by atoms with van der Waals surface area (Å²) in [5.41, 5.74) is 11.2. The van der Waals surface area contributed by atoms with Gasteiger partial charge in [-0.3, -0.25) is 4.79 Å². The van der Waals surface area contributed by atoms with Crippen molar-refractivity contribution in [3.63, 3.8) is 0 Å². The number of carbonyl (C=O) groups excluding carboxylic acids is 1. The van der Waals surface area contributed by atoms with Crippen LogP contribution in [0.2, 0.25) is 0 Å². The van der Waals surface area contributed by atoms with E-state index in [1.54, 1.807) is 0 Å². The van der Waals surface area contributed by atoms with Crippen molar-refractivity contribution in [1.82, 2.24) is 0 Å². The van der Waals surface area contributed by atoms with Gasteiger partial charge in [0.2, 0.25) is 0 Å². The SMILES string of the molecule is CCCC(Oc1ccc(N)cc1C(N)=O)C(=O)O. The maximum atomic E-state index is 11.2. The van der Waals surface area contributed by atoms with E-state index in [4.69, 9.17) is 21.3 Å². The molecular formula is C12H16N2O4. The lowest BCUT2D eigenvalue weighted by Crippen LogP contribution is -2.28. The summed E-state index contributed by atoms with van der Waals surface area (Å²) in [6, 6.07) is 4.33. The summed E-state index contributed by atoms with van der Waals surface area (Å²) < 4.78 is 5.31. The zero-order chi connectivity index (χ0) is 13.7. The van der Waals surface area contributed by atoms with Crippen molar-refractivity contribution in [2.75, 3.05) is 5.73 Å². The van der Waals surface area contributed by atoms with Crippen molar-refractivity contribution in [2.24, 2.45) is 5.73 Å². The van der Waals surface area contributed by atoms with Crippen molar-refractivity contribution in [2.45, 2.75) is 25.9 Å². The summed E-state index contributed by atoms with van der Waals surface area (Å²) in [7, 11) is 0. The largest absolute Gasteiger partial charge is 0.479 e. The fourth-order valence-corrected chi connectivity index (χ4v) is 1.49. The Hall–Kier alpha value is -2.24. The molecule has 0 aliphatic carbocycles. The number of benzene rings is 1. The molecule has 0 spiro atoms. The smallest absolute Gasteiger partial charge is 0.344 e. The molecule has 0 aromatic heterocycles. The van der Waals surface area contributed by atoms with E-state index in [0.717, 1.165) is 0 Å². The van der Waals surface area contributed by atoms with E-state index in [1.165, 1.54) is 18.2 Å². The quantitative estimate of drug-likeness (QED) is 0.653. The third-order valence-electron chi connectivity index (χ3n) is 2.36. The normalized spacial score (nSPS) is 11.8. The number of nitrogen functional groups attached to an aromatic ring is 1. The highest BCUT2D eigenvalue weighted by molar-refractivity contribution is 5.96. The number of nitrogens with two attached hydrogens (primary N) is 2. The molecule has 1 amide bonds. The highest BCUT2D eigenvalue weighted by atomic mass is 16.5. The summed E-state index contributed by atoms with van der Waals surface area (Å²) in [4.78, 5) is 22.2. The van der Waals surface area contributed by atoms with Gasteiger partial charge in [-0.15, -0.1) is 0 Å². The second-order valence-corrected chi connectivity index (χ2v) is 3.85. The molecule has 1 aromatic carbocycles. The zero-order valence-corrected chi connectivity index (χ0v) is 10.1. The lowest BCUT2D eigenvalue weighted by atomic mass is 10.1. The van der Waals surface area contributed by atoms with E-state index < -0.39 is 18.0 Å². The van der Waals surface area contributed by atoms with Crippen LogP contribution in [0, 0.1) is 0 Å². The van der Waals surface area contributed by atoms with Gasteiger partial charge in [-0.25, -0.2) is 4.79 Å². The highest BCUT2D eigenvalue weighted by Crippen LogP contribution is 2.23. The number of carbonyl (C=O) groups is 2. The third-order valence-corrected chi connectivity index (χ3v) is 2.36. The number of carboxylic acid groups (broad SMARTS) is 1. The Morgan fingerprint density at radius 2 is 2.11 bits per heavy atom. The first-order valence-corrected chi connectivity index (χ1v) is 5.54. The van der Waals surface area contributed by atoms with Crippen molar-refractivity contribution in [1.29, 1.82) is 0 Å². The second-order valence-electron chi connectivity index (χ2n) is 3.85. The van der Waals surface area contributed by atoms with Gasteiger partial charge < -0.3 is 21.3 Å². The number of carboxylic acids is 1. The van der Waals surface area contributed by atoms with Crippen LogP contribution in [0.3, 0.4) is 0 Å². The predicted octanol–water partition coefficient (Wildman–Crippen LogP) is 1.000. The predicted molar refractivity (Wildman–Crippen MR) is 66.3 cm³/mol. The Bertz CT molecular complexity index is 459. The molecule has 0 aliphatic rings. The molecule has 0 fully saturated rings. The van der Waals surface area contributed by atoms with Gasteiger partial charge in [-0.2, -0.15) is 0 Å². The maximum Gasteiger partial charge on any atom is 0.344 e. The first-order valence-electron chi connectivity index (χ1n) is 5.54. The molecule has 1 aromatic rings. The Kier molecular flexibility index (Phi) is 4.53. The van der Waals surface area contributed by atoms with Crippen molar-refractivity contribution < 1.29 is 19.4 Å². The van der Waals surface area contributed by atoms with Crippen molar-refractivity contribution >= 4 is 17.6 Å². The number of primary amides is 1. The molecule has 5 N–H and O–H groups in total. The summed E-state index contributed by atoms with van der Waals surface area (Å²) in [6.45, 7) is 1.84. The van der Waals surface area contributed by atoms with Gasteiger partial charge in [0.25, 0.3) is 5.91 Å². The molecule has 0 radical (unpaired) electrons. The molecule has 0 bridgehead atoms. The molecule has 0 saturated carbocycles. The van der Waals surface area contributed by atoms with Crippen LogP contribution >= 0.6 is 0 Å². The maximum absolute atomic E-state index is 11.2. The van der Waals surface area contributed by atoms with Gasteiger partial charge >= 0.3 is 5.97 Å². The number of anilines is 1. The molecule has 98 valence electrons. The summed E-state index contributed by atoms with van der Waals surface area (Å²) in [6.07, 6.45) is -0.00724. The Labute approximate surface area is 105 Å². The second kappa shape index (κ2) is 5.90. The molecule has 1 atom stereocenters. The average Bonchev–Trinajstić information content (AvgIpc) is 2.30. The van der Waals surface area contributed by atoms with E-state index in [-0.39, 0.29) is 11.3 Å². The van der Waals surface area contributed by atoms with Gasteiger partial charge in [0, 0.05) is 5.69 Å². The average molecular weight is 252 g/mol. The van der Waals surface area contributed by atoms with Gasteiger partial charge in [-0.05, 0) is 24.6 Å². The molecule has 18 heavy (non-hydrogen) atoms. The van der Waals surface area contributed by atoms with Crippen LogP contribution in [0.15, 0.2) is 18.2 Å². The number of rotatable bonds is 6. The number of hydrogen-bond acceptors (Lipinski definition) is 4. The molecule has 1 rings (SSSR count). The monoisotopic (exact) mass is 252 g/mol. The minimum absolute atomic E-state index is 0.0809. The third kappa shape index (κ3) is 3.38. The molecule has 0 heterocycles. The minimum atomic E-state index is -1.08. The van der Waals surface area contributed by atoms with E-state index in [2.05, 4.69) is 0 Å². The summed E-state index contributed by atoms with van der Waals surface area (Å²) in [5, 5.41) is 8.98. The van der Waals surface area contributed by atoms with Gasteiger partial charge in [0.05, 0.1) is 5.56 Å². The Balaban J connectivity index is 3.01. The Morgan fingerprint density at radius 1 is 1.44 bits per heavy atom. The van der Waals surface area contributed by atoms with E-state index in [0.29, 0.717) is 18.5 Å². The standard InChI is InChI=1S/C12H16N2O4/c1-2-3-10(12(16)17)18-9-5-4-7(13)6-8(9)11(14)15/h4-6,10H,2-3,13H2,1H3,(H2,14,15)(H,16,17). The van der Waals surface area contributed by atoms with Crippen LogP contribution in [0.4, 0.5) is 5.69 Å². The fourth-order valence-electron chi connectivity index (χ4n) is 1.49. The lowest BCUT2D eigenvalue weighted by molar-refractivity contribution is -0.145. The first kappa shape index (κ1) is 13.8. The number of amides is 1. The van der Waals surface area contributed by atoms with E-state index in [1.807, 2.05) is 6.92 Å². The molecule has 0 aliphatic heterocycles. The molecule has 1 unspecified atom stereocenters. The lowest BCUT2D eigenvalue weighted by Gasteiger charge is -2.16. The van der Waals surface area contributed by atoms with Crippen LogP contribution in [0.5, 0.6) is 5.75 Å². The first-order chi connectivity index (χ1) is 8.45. The van der Waals surface area contributed by atoms with Gasteiger partial charge in [0.15, 0.2) is 6.10 Å². The minimum Gasteiger partial charge on any atom is -0.479 e. The zero-order valence-electron chi connectivity index (χ0n) is 10.1. The molecule has 0 saturated heterocycles. The van der Waals surface area contributed by atoms with Gasteiger partial charge in [-0.1, -0.05) is 13.3 Å². The summed E-state index contributed by atoms with van der Waals surface area (Å²) >= 11 is 0. The highest BCUT2D eigenvalue weighted by Gasteiger charge is 2.21.